The van der Waals surface area contributed by atoms with Crippen molar-refractivity contribution in [1.29, 1.82) is 0 Å². The van der Waals surface area contributed by atoms with Crippen LogP contribution in [0.5, 0.6) is 0 Å². The van der Waals surface area contributed by atoms with Crippen molar-refractivity contribution in [3.8, 4) is 0 Å². The summed E-state index contributed by atoms with van der Waals surface area (Å²) in [5, 5.41) is 12.0. The van der Waals surface area contributed by atoms with Crippen LogP contribution < -0.4 is 15.8 Å². The summed E-state index contributed by atoms with van der Waals surface area (Å²) in [4.78, 5) is 9.45. The van der Waals surface area contributed by atoms with Crippen LogP contribution in [0.2, 0.25) is 0 Å². The zero-order valence-electron chi connectivity index (χ0n) is 16.4. The van der Waals surface area contributed by atoms with Crippen molar-refractivity contribution in [1.82, 2.24) is 14.5 Å². The van der Waals surface area contributed by atoms with Gasteiger partial charge in [0.15, 0.2) is 5.82 Å². The number of aryl methyl sites for hydroxylation is 1. The molecule has 154 valence electrons. The summed E-state index contributed by atoms with van der Waals surface area (Å²) in [5.74, 6) is 1.30. The Balaban J connectivity index is 1.65. The number of nitrogens with zero attached hydrogens (tertiary/aromatic N) is 3. The lowest BCUT2D eigenvalue weighted by Crippen LogP contribution is -2.23. The van der Waals surface area contributed by atoms with E-state index in [4.69, 9.17) is 10.1 Å². The molecule has 1 saturated carbocycles. The smallest absolute Gasteiger partial charge is 0.238 e. The van der Waals surface area contributed by atoms with Gasteiger partial charge in [-0.05, 0) is 50.1 Å². The van der Waals surface area contributed by atoms with Gasteiger partial charge in [0.25, 0.3) is 0 Å². The Morgan fingerprint density at radius 1 is 1.10 bits per heavy atom. The summed E-state index contributed by atoms with van der Waals surface area (Å²) in [7, 11) is -3.72. The van der Waals surface area contributed by atoms with E-state index in [1.807, 2.05) is 12.3 Å². The molecule has 4 rings (SSSR count). The second-order valence-corrected chi connectivity index (χ2v) is 8.97. The number of hydrogen-bond acceptors (Lipinski definition) is 6. The Hall–Kier alpha value is -2.65. The Kier molecular flexibility index (Phi) is 5.42. The predicted octanol–water partition coefficient (Wildman–Crippen LogP) is 3.59. The van der Waals surface area contributed by atoms with Crippen molar-refractivity contribution in [3.63, 3.8) is 0 Å². The highest BCUT2D eigenvalue weighted by atomic mass is 32.2. The summed E-state index contributed by atoms with van der Waals surface area (Å²) in [6.07, 6.45) is 8.09. The van der Waals surface area contributed by atoms with Gasteiger partial charge in [0, 0.05) is 24.5 Å². The zero-order chi connectivity index (χ0) is 20.4. The second kappa shape index (κ2) is 8.00. The normalized spacial score (nSPS) is 15.5. The van der Waals surface area contributed by atoms with Gasteiger partial charge in [-0.1, -0.05) is 19.3 Å². The van der Waals surface area contributed by atoms with Crippen LogP contribution in [0.25, 0.3) is 11.0 Å². The van der Waals surface area contributed by atoms with E-state index < -0.39 is 10.0 Å². The molecule has 4 N–H and O–H groups in total. The molecule has 2 heterocycles. The molecule has 3 aromatic rings. The fourth-order valence-corrected chi connectivity index (χ4v) is 4.34. The van der Waals surface area contributed by atoms with Gasteiger partial charge in [-0.25, -0.2) is 18.5 Å². The molecule has 8 nitrogen and oxygen atoms in total. The minimum absolute atomic E-state index is 0.0686. The largest absolute Gasteiger partial charge is 0.365 e. The molecule has 0 saturated heterocycles. The molecular weight excluding hydrogens is 388 g/mol. The maximum absolute atomic E-state index is 11.4. The monoisotopic (exact) mass is 414 g/mol. The Morgan fingerprint density at radius 2 is 1.83 bits per heavy atom. The van der Waals surface area contributed by atoms with Gasteiger partial charge < -0.3 is 15.2 Å². The van der Waals surface area contributed by atoms with Crippen LogP contribution in [0, 0.1) is 0 Å². The van der Waals surface area contributed by atoms with E-state index in [0.717, 1.165) is 36.2 Å². The number of sulfonamides is 1. The van der Waals surface area contributed by atoms with E-state index in [0.29, 0.717) is 17.7 Å². The fourth-order valence-electron chi connectivity index (χ4n) is 3.82. The van der Waals surface area contributed by atoms with Gasteiger partial charge in [-0.3, -0.25) is 0 Å². The van der Waals surface area contributed by atoms with Crippen molar-refractivity contribution in [2.75, 3.05) is 10.6 Å². The van der Waals surface area contributed by atoms with Gasteiger partial charge in [-0.15, -0.1) is 0 Å². The molecule has 0 unspecified atom stereocenters. The molecule has 9 heteroatoms. The minimum atomic E-state index is -3.72. The highest BCUT2D eigenvalue weighted by Gasteiger charge is 2.18. The topological polar surface area (TPSA) is 115 Å². The summed E-state index contributed by atoms with van der Waals surface area (Å²) < 4.78 is 25.0. The van der Waals surface area contributed by atoms with Crippen molar-refractivity contribution in [3.05, 3.63) is 36.5 Å². The molecule has 29 heavy (non-hydrogen) atoms. The van der Waals surface area contributed by atoms with E-state index in [-0.39, 0.29) is 4.90 Å². The number of anilines is 3. The number of aromatic nitrogens is 3. The Morgan fingerprint density at radius 3 is 2.48 bits per heavy atom. The average molecular weight is 415 g/mol. The van der Waals surface area contributed by atoms with Crippen LogP contribution in [-0.2, 0) is 16.6 Å². The number of rotatable bonds is 6. The van der Waals surface area contributed by atoms with Crippen molar-refractivity contribution < 1.29 is 8.42 Å². The summed E-state index contributed by atoms with van der Waals surface area (Å²) >= 11 is 0. The SMILES string of the molecule is CCn1ccc2nc(Nc3ccc(S(N)(=O)=O)cc3)nc(NC3CCCCC3)c21. The zero-order valence-corrected chi connectivity index (χ0v) is 17.2. The molecule has 0 radical (unpaired) electrons. The van der Waals surface area contributed by atoms with Crippen LogP contribution in [0.15, 0.2) is 41.4 Å². The summed E-state index contributed by atoms with van der Waals surface area (Å²) in [6.45, 7) is 2.94. The maximum Gasteiger partial charge on any atom is 0.238 e. The van der Waals surface area contributed by atoms with Gasteiger partial charge in [0.05, 0.1) is 10.4 Å². The standard InChI is InChI=1S/C20H26N6O2S/c1-2-26-13-12-17-18(26)19(22-14-6-4-3-5-7-14)25-20(24-17)23-15-8-10-16(11-9-15)29(21,27)28/h8-14H,2-7H2,1H3,(H2,21,27,28)(H2,22,23,24,25). The summed E-state index contributed by atoms with van der Waals surface area (Å²) in [6, 6.07) is 8.64. The highest BCUT2D eigenvalue weighted by Crippen LogP contribution is 2.28. The second-order valence-electron chi connectivity index (χ2n) is 7.41. The molecular formula is C20H26N6O2S. The number of hydrogen-bond donors (Lipinski definition) is 3. The van der Waals surface area contributed by atoms with Crippen molar-refractivity contribution in [2.24, 2.45) is 5.14 Å². The first-order chi connectivity index (χ1) is 13.9. The molecule has 0 spiro atoms. The average Bonchev–Trinajstić information content (AvgIpc) is 3.12. The van der Waals surface area contributed by atoms with Gasteiger partial charge in [0.1, 0.15) is 5.52 Å². The first kappa shape index (κ1) is 19.7. The molecule has 1 aromatic carbocycles. The third-order valence-electron chi connectivity index (χ3n) is 5.34. The number of fused-ring (bicyclic) bond motifs is 1. The van der Waals surface area contributed by atoms with Crippen LogP contribution >= 0.6 is 0 Å². The number of nitrogens with one attached hydrogen (secondary N) is 2. The van der Waals surface area contributed by atoms with Gasteiger partial charge >= 0.3 is 0 Å². The van der Waals surface area contributed by atoms with Crippen LogP contribution in [0.4, 0.5) is 17.5 Å². The first-order valence-corrected chi connectivity index (χ1v) is 11.5. The fraction of sp³-hybridized carbons (Fsp3) is 0.400. The molecule has 1 aliphatic rings. The van der Waals surface area contributed by atoms with Gasteiger partial charge in [-0.2, -0.15) is 4.98 Å². The highest BCUT2D eigenvalue weighted by molar-refractivity contribution is 7.89. The number of nitrogens with two attached hydrogens (primary N) is 1. The quantitative estimate of drug-likeness (QED) is 0.568. The van der Waals surface area contributed by atoms with E-state index in [1.165, 1.54) is 31.4 Å². The van der Waals surface area contributed by atoms with Gasteiger partial charge in [0.2, 0.25) is 16.0 Å². The minimum Gasteiger partial charge on any atom is -0.365 e. The molecule has 1 aliphatic carbocycles. The predicted molar refractivity (Wildman–Crippen MR) is 115 cm³/mol. The maximum atomic E-state index is 11.4. The van der Waals surface area contributed by atoms with Crippen molar-refractivity contribution in [2.45, 2.75) is 56.5 Å². The van der Waals surface area contributed by atoms with Crippen LogP contribution in [0.3, 0.4) is 0 Å². The van der Waals surface area contributed by atoms with Crippen LogP contribution in [-0.4, -0.2) is 29.0 Å². The van der Waals surface area contributed by atoms with E-state index in [2.05, 4.69) is 27.1 Å². The third-order valence-corrected chi connectivity index (χ3v) is 6.27. The third kappa shape index (κ3) is 4.35. The molecule has 1 fully saturated rings. The van der Waals surface area contributed by atoms with Crippen LogP contribution in [0.1, 0.15) is 39.0 Å². The first-order valence-electron chi connectivity index (χ1n) is 9.97. The molecule has 0 amide bonds. The van der Waals surface area contributed by atoms with E-state index in [1.54, 1.807) is 12.1 Å². The van der Waals surface area contributed by atoms with E-state index >= 15 is 0 Å². The lowest BCUT2D eigenvalue weighted by molar-refractivity contribution is 0.462. The number of primary sulfonamides is 1. The molecule has 0 atom stereocenters. The number of benzene rings is 1. The van der Waals surface area contributed by atoms with E-state index in [9.17, 15) is 8.42 Å². The Bertz CT molecular complexity index is 1100. The lowest BCUT2D eigenvalue weighted by atomic mass is 9.95. The molecule has 0 bridgehead atoms. The lowest BCUT2D eigenvalue weighted by Gasteiger charge is -2.24. The molecule has 0 aliphatic heterocycles. The Labute approximate surface area is 170 Å². The van der Waals surface area contributed by atoms with Crippen molar-refractivity contribution >= 4 is 38.5 Å². The molecule has 2 aromatic heterocycles. The summed E-state index contributed by atoms with van der Waals surface area (Å²) in [5.41, 5.74) is 2.56.